The smallest absolute Gasteiger partial charge is 0.407 e. The number of nitrogens with zero attached hydrogens (tertiary/aromatic N) is 4. The summed E-state index contributed by atoms with van der Waals surface area (Å²) in [4.78, 5) is 69.7. The van der Waals surface area contributed by atoms with Crippen molar-refractivity contribution in [2.45, 2.75) is 51.2 Å². The highest BCUT2D eigenvalue weighted by Crippen LogP contribution is 2.50. The number of fused-ring (bicyclic) bond motifs is 8. The molecule has 4 N–H and O–H groups in total. The molecule has 6 aromatic rings. The van der Waals surface area contributed by atoms with Crippen LogP contribution in [0, 0.1) is 5.92 Å². The van der Waals surface area contributed by atoms with Crippen LogP contribution in [0.25, 0.3) is 54.7 Å². The predicted octanol–water partition coefficient (Wildman–Crippen LogP) is 5.92. The number of imidazole rings is 2. The van der Waals surface area contributed by atoms with Gasteiger partial charge in [-0.25, -0.2) is 19.6 Å². The number of hydrogen-bond donors (Lipinski definition) is 4. The van der Waals surface area contributed by atoms with Gasteiger partial charge >= 0.3 is 12.2 Å². The lowest BCUT2D eigenvalue weighted by Gasteiger charge is -2.34. The summed E-state index contributed by atoms with van der Waals surface area (Å²) < 4.78 is 9.25. The highest BCUT2D eigenvalue weighted by atomic mass is 16.5. The zero-order chi connectivity index (χ0) is 37.5. The minimum Gasteiger partial charge on any atom is -0.453 e. The molecule has 54 heavy (non-hydrogen) atoms. The number of amides is 4. The number of alkyl carbamates (subject to hydrolysis) is 2. The molecule has 0 radical (unpaired) electrons. The fourth-order valence-corrected chi connectivity index (χ4v) is 8.35. The number of aromatic nitrogens is 4. The molecule has 2 bridgehead atoms. The summed E-state index contributed by atoms with van der Waals surface area (Å²) >= 11 is 0. The van der Waals surface area contributed by atoms with Gasteiger partial charge in [0.2, 0.25) is 11.8 Å². The lowest BCUT2D eigenvalue weighted by Crippen LogP contribution is -2.45. The number of benzene rings is 4. The average molecular weight is 731 g/mol. The van der Waals surface area contributed by atoms with E-state index in [-0.39, 0.29) is 37.0 Å². The van der Waals surface area contributed by atoms with Gasteiger partial charge in [0, 0.05) is 23.4 Å². The Morgan fingerprint density at radius 3 is 2.09 bits per heavy atom. The Balaban J connectivity index is 1.04. The SMILES string of the molecule is CCCN(Cc1nc2ccc3cc(-c4ccc5c(ccc6nc([C@@H]7[C@H]8CC[C@H](C8)N7C(=O)CNC(=O)OC)[nH]c65)c4)ccc3c2[nH]1)C(=O)CNC(=O)OC. The molecule has 2 aromatic heterocycles. The molecule has 3 atom stereocenters. The van der Waals surface area contributed by atoms with Gasteiger partial charge in [-0.1, -0.05) is 43.3 Å². The maximum Gasteiger partial charge on any atom is 0.407 e. The number of H-pyrrole nitrogens is 2. The molecule has 14 nitrogen and oxygen atoms in total. The van der Waals surface area contributed by atoms with Crippen LogP contribution in [0.2, 0.25) is 0 Å². The Morgan fingerprint density at radius 2 is 1.44 bits per heavy atom. The number of piperidine rings is 1. The molecule has 1 aliphatic carbocycles. The monoisotopic (exact) mass is 730 g/mol. The third-order valence-electron chi connectivity index (χ3n) is 10.8. The summed E-state index contributed by atoms with van der Waals surface area (Å²) in [6.45, 7) is 2.55. The molecule has 278 valence electrons. The Morgan fingerprint density at radius 1 is 0.815 bits per heavy atom. The standard InChI is InChI=1S/C40H42N8O6/c1-4-15-47(33(49)19-41-39(51)53-2)21-32-43-30-13-8-24-16-22(6-11-28(24)35(30)45-32)23-7-12-29-25(17-23)9-14-31-36(29)46-38(44-31)37-26-5-10-27(18-26)48(37)34(50)20-42-40(52)54-3/h6-9,11-14,16-17,26-27,37H,4-5,10,15,18-21H2,1-3H3,(H,41,51)(H,42,52)(H,43,45)(H,44,46)/t26-,27+,37-/m0/s1. The molecule has 8 rings (SSSR count). The zero-order valence-corrected chi connectivity index (χ0v) is 30.4. The van der Waals surface area contributed by atoms with E-state index < -0.39 is 12.2 Å². The van der Waals surface area contributed by atoms with Crippen molar-refractivity contribution < 1.29 is 28.7 Å². The van der Waals surface area contributed by atoms with Crippen molar-refractivity contribution in [1.29, 1.82) is 0 Å². The first-order valence-corrected chi connectivity index (χ1v) is 18.3. The van der Waals surface area contributed by atoms with Crippen LogP contribution in [0.4, 0.5) is 9.59 Å². The van der Waals surface area contributed by atoms with E-state index >= 15 is 0 Å². The average Bonchev–Trinajstić information content (AvgIpc) is 4.01. The van der Waals surface area contributed by atoms with Gasteiger partial charge in [0.25, 0.3) is 0 Å². The van der Waals surface area contributed by atoms with Gasteiger partial charge in [0.05, 0.1) is 48.9 Å². The first-order chi connectivity index (χ1) is 26.2. The van der Waals surface area contributed by atoms with E-state index in [9.17, 15) is 19.2 Å². The largest absolute Gasteiger partial charge is 0.453 e. The van der Waals surface area contributed by atoms with E-state index in [1.54, 1.807) is 4.90 Å². The topological polar surface area (TPSA) is 175 Å². The summed E-state index contributed by atoms with van der Waals surface area (Å²) in [6.07, 6.45) is 2.42. The van der Waals surface area contributed by atoms with Gasteiger partial charge in [-0.15, -0.1) is 0 Å². The van der Waals surface area contributed by atoms with E-state index in [0.29, 0.717) is 24.8 Å². The molecule has 4 aromatic carbocycles. The van der Waals surface area contributed by atoms with Gasteiger partial charge in [-0.05, 0) is 77.8 Å². The van der Waals surface area contributed by atoms with Gasteiger partial charge in [0.15, 0.2) is 0 Å². The van der Waals surface area contributed by atoms with E-state index in [1.807, 2.05) is 24.0 Å². The second-order valence-electron chi connectivity index (χ2n) is 14.1. The number of methoxy groups -OCH3 is 2. The maximum absolute atomic E-state index is 13.3. The second-order valence-corrected chi connectivity index (χ2v) is 14.1. The lowest BCUT2D eigenvalue weighted by atomic mass is 9.97. The number of carbonyl (C=O) groups excluding carboxylic acids is 4. The molecule has 1 saturated carbocycles. The molecule has 3 heterocycles. The van der Waals surface area contributed by atoms with Crippen LogP contribution in [-0.4, -0.2) is 93.6 Å². The highest BCUT2D eigenvalue weighted by molar-refractivity contribution is 6.07. The van der Waals surface area contributed by atoms with Crippen LogP contribution >= 0.6 is 0 Å². The minimum absolute atomic E-state index is 0.111. The quantitative estimate of drug-likeness (QED) is 0.135. The summed E-state index contributed by atoms with van der Waals surface area (Å²) in [5, 5.41) is 9.20. The predicted molar refractivity (Wildman–Crippen MR) is 203 cm³/mol. The number of likely N-dealkylation sites (tertiary alicyclic amines) is 1. The van der Waals surface area contributed by atoms with Gasteiger partial charge < -0.3 is 39.9 Å². The molecule has 0 unspecified atom stereocenters. The van der Waals surface area contributed by atoms with Gasteiger partial charge in [-0.2, -0.15) is 0 Å². The van der Waals surface area contributed by atoms with Gasteiger partial charge in [0.1, 0.15) is 24.7 Å². The third-order valence-corrected chi connectivity index (χ3v) is 10.8. The fraction of sp³-hybridized carbons (Fsp3) is 0.350. The minimum atomic E-state index is -0.649. The molecule has 2 fully saturated rings. The summed E-state index contributed by atoms with van der Waals surface area (Å²) in [7, 11) is 2.54. The normalized spacial score (nSPS) is 17.8. The maximum atomic E-state index is 13.3. The van der Waals surface area contributed by atoms with Crippen molar-refractivity contribution in [3.8, 4) is 11.1 Å². The third kappa shape index (κ3) is 6.41. The van der Waals surface area contributed by atoms with Crippen LogP contribution in [0.5, 0.6) is 0 Å². The number of aromatic amines is 2. The second kappa shape index (κ2) is 14.3. The Labute approximate surface area is 310 Å². The Kier molecular flexibility index (Phi) is 9.26. The van der Waals surface area contributed by atoms with Crippen molar-refractivity contribution in [1.82, 2.24) is 40.4 Å². The summed E-state index contributed by atoms with van der Waals surface area (Å²) in [5.41, 5.74) is 5.64. The molecule has 4 amide bonds. The fourth-order valence-electron chi connectivity index (χ4n) is 8.35. The summed E-state index contributed by atoms with van der Waals surface area (Å²) in [6, 6.07) is 20.9. The van der Waals surface area contributed by atoms with E-state index in [2.05, 4.69) is 78.6 Å². The van der Waals surface area contributed by atoms with Crippen LogP contribution in [-0.2, 0) is 25.6 Å². The number of rotatable bonds is 10. The Hall–Kier alpha value is -6.18. The van der Waals surface area contributed by atoms with Crippen molar-refractivity contribution in [3.05, 3.63) is 72.3 Å². The van der Waals surface area contributed by atoms with Gasteiger partial charge in [-0.3, -0.25) is 9.59 Å². The van der Waals surface area contributed by atoms with E-state index in [1.165, 1.54) is 14.2 Å². The zero-order valence-electron chi connectivity index (χ0n) is 30.4. The number of hydrogen-bond acceptors (Lipinski definition) is 8. The van der Waals surface area contributed by atoms with Crippen molar-refractivity contribution in [2.24, 2.45) is 5.92 Å². The lowest BCUT2D eigenvalue weighted by molar-refractivity contribution is -0.135. The van der Waals surface area contributed by atoms with Crippen LogP contribution in [0.1, 0.15) is 50.3 Å². The number of ether oxygens (including phenoxy) is 2. The molecule has 0 spiro atoms. The first kappa shape index (κ1) is 34.9. The molecular formula is C40H42N8O6. The number of carbonyl (C=O) groups is 4. The van der Waals surface area contributed by atoms with Crippen LogP contribution < -0.4 is 10.6 Å². The molecule has 2 aliphatic rings. The van der Waals surface area contributed by atoms with Crippen molar-refractivity contribution >= 4 is 67.6 Å². The molecular weight excluding hydrogens is 688 g/mol. The first-order valence-electron chi connectivity index (χ1n) is 18.3. The van der Waals surface area contributed by atoms with Crippen molar-refractivity contribution in [2.75, 3.05) is 33.9 Å². The van der Waals surface area contributed by atoms with Crippen LogP contribution in [0.15, 0.2) is 60.7 Å². The Bertz CT molecular complexity index is 2440. The van der Waals surface area contributed by atoms with Crippen LogP contribution in [0.3, 0.4) is 0 Å². The molecule has 1 saturated heterocycles. The van der Waals surface area contributed by atoms with Crippen molar-refractivity contribution in [3.63, 3.8) is 0 Å². The number of nitrogens with one attached hydrogen (secondary N) is 4. The molecule has 1 aliphatic heterocycles. The van der Waals surface area contributed by atoms with E-state index in [4.69, 9.17) is 9.97 Å². The molecule has 14 heteroatoms. The highest BCUT2D eigenvalue weighted by Gasteiger charge is 2.49. The van der Waals surface area contributed by atoms with E-state index in [0.717, 1.165) is 86.2 Å². The summed E-state index contributed by atoms with van der Waals surface area (Å²) in [5.74, 6) is 1.42.